The summed E-state index contributed by atoms with van der Waals surface area (Å²) in [5.41, 5.74) is 4.98. The van der Waals surface area contributed by atoms with Crippen LogP contribution in [0.4, 0.5) is 10.5 Å². The standard InChI is InChI=1S/C21H24N4O2S/c1-13-4-5-15(18-6-9-22-25(18)3)12-17(13)24-21(26)23-14(2)20-16-8-11-28-19(16)7-10-27-20/h4-6,8-9,11-12,14,20H,7,10H2,1-3H3,(H2,23,24,26). The summed E-state index contributed by atoms with van der Waals surface area (Å²) < 4.78 is 7.75. The van der Waals surface area contributed by atoms with E-state index in [9.17, 15) is 4.79 Å². The number of carbonyl (C=O) groups is 1. The third-order valence-corrected chi connectivity index (χ3v) is 6.12. The molecule has 2 unspecified atom stereocenters. The van der Waals surface area contributed by atoms with Gasteiger partial charge in [-0.1, -0.05) is 12.1 Å². The van der Waals surface area contributed by atoms with Crippen molar-refractivity contribution in [1.82, 2.24) is 15.1 Å². The van der Waals surface area contributed by atoms with Gasteiger partial charge in [-0.05, 0) is 48.6 Å². The van der Waals surface area contributed by atoms with E-state index in [0.717, 1.165) is 28.9 Å². The van der Waals surface area contributed by atoms with Gasteiger partial charge in [-0.15, -0.1) is 11.3 Å². The normalized spacial score (nSPS) is 17.0. The summed E-state index contributed by atoms with van der Waals surface area (Å²) in [6.07, 6.45) is 2.60. The zero-order valence-corrected chi connectivity index (χ0v) is 17.0. The number of aryl methyl sites for hydroxylation is 2. The SMILES string of the molecule is Cc1ccc(-c2ccnn2C)cc1NC(=O)NC(C)C1OCCc2sccc21. The molecule has 3 heterocycles. The van der Waals surface area contributed by atoms with E-state index >= 15 is 0 Å². The smallest absolute Gasteiger partial charge is 0.319 e. The first-order valence-electron chi connectivity index (χ1n) is 9.37. The second-order valence-corrected chi connectivity index (χ2v) is 8.10. The zero-order chi connectivity index (χ0) is 19.7. The Hall–Kier alpha value is -2.64. The van der Waals surface area contributed by atoms with Crippen LogP contribution in [0.5, 0.6) is 0 Å². The lowest BCUT2D eigenvalue weighted by Crippen LogP contribution is -2.41. The number of rotatable bonds is 4. The highest BCUT2D eigenvalue weighted by molar-refractivity contribution is 7.10. The first-order chi connectivity index (χ1) is 13.5. The number of hydrogen-bond acceptors (Lipinski definition) is 4. The van der Waals surface area contributed by atoms with Crippen LogP contribution in [0.3, 0.4) is 0 Å². The van der Waals surface area contributed by atoms with Crippen molar-refractivity contribution in [3.05, 3.63) is 57.9 Å². The molecule has 1 aromatic carbocycles. The average Bonchev–Trinajstić information content (AvgIpc) is 3.32. The van der Waals surface area contributed by atoms with Crippen molar-refractivity contribution in [2.45, 2.75) is 32.4 Å². The van der Waals surface area contributed by atoms with E-state index < -0.39 is 0 Å². The molecule has 2 amide bonds. The van der Waals surface area contributed by atoms with Crippen LogP contribution in [0.15, 0.2) is 41.9 Å². The fourth-order valence-electron chi connectivity index (χ4n) is 3.60. The minimum atomic E-state index is -0.233. The van der Waals surface area contributed by atoms with E-state index in [1.54, 1.807) is 17.5 Å². The number of urea groups is 1. The minimum Gasteiger partial charge on any atom is -0.371 e. The lowest BCUT2D eigenvalue weighted by Gasteiger charge is -2.29. The maximum atomic E-state index is 12.6. The molecule has 4 rings (SSSR count). The van der Waals surface area contributed by atoms with Gasteiger partial charge in [0.15, 0.2) is 0 Å². The second kappa shape index (κ2) is 7.77. The summed E-state index contributed by atoms with van der Waals surface area (Å²) in [7, 11) is 1.90. The molecule has 0 bridgehead atoms. The highest BCUT2D eigenvalue weighted by Crippen LogP contribution is 2.33. The molecule has 0 saturated heterocycles. The third-order valence-electron chi connectivity index (χ3n) is 5.13. The molecule has 2 atom stereocenters. The molecule has 1 aliphatic heterocycles. The Morgan fingerprint density at radius 1 is 1.36 bits per heavy atom. The maximum Gasteiger partial charge on any atom is 0.319 e. The number of ether oxygens (including phenoxy) is 1. The van der Waals surface area contributed by atoms with Crippen molar-refractivity contribution in [3.8, 4) is 11.3 Å². The van der Waals surface area contributed by atoms with Crippen molar-refractivity contribution >= 4 is 23.1 Å². The summed E-state index contributed by atoms with van der Waals surface area (Å²) in [5.74, 6) is 0. The Bertz CT molecular complexity index is 994. The summed E-state index contributed by atoms with van der Waals surface area (Å²) in [6, 6.07) is 9.70. The Morgan fingerprint density at radius 2 is 2.21 bits per heavy atom. The summed E-state index contributed by atoms with van der Waals surface area (Å²) in [4.78, 5) is 14.0. The topological polar surface area (TPSA) is 68.2 Å². The van der Waals surface area contributed by atoms with Crippen LogP contribution in [-0.2, 0) is 18.2 Å². The molecule has 2 N–H and O–H groups in total. The first-order valence-corrected chi connectivity index (χ1v) is 10.3. The van der Waals surface area contributed by atoms with Gasteiger partial charge in [0.2, 0.25) is 0 Å². The third kappa shape index (κ3) is 3.68. The lowest BCUT2D eigenvalue weighted by molar-refractivity contribution is 0.0238. The average molecular weight is 397 g/mol. The number of nitrogens with zero attached hydrogens (tertiary/aromatic N) is 2. The lowest BCUT2D eigenvalue weighted by atomic mass is 10.0. The summed E-state index contributed by atoms with van der Waals surface area (Å²) >= 11 is 1.76. The van der Waals surface area contributed by atoms with E-state index in [4.69, 9.17) is 4.74 Å². The molecule has 3 aromatic rings. The van der Waals surface area contributed by atoms with Gasteiger partial charge in [-0.25, -0.2) is 4.79 Å². The van der Waals surface area contributed by atoms with Gasteiger partial charge in [0.1, 0.15) is 6.10 Å². The van der Waals surface area contributed by atoms with E-state index in [-0.39, 0.29) is 18.2 Å². The first kappa shape index (κ1) is 18.7. The highest BCUT2D eigenvalue weighted by atomic mass is 32.1. The molecule has 1 aliphatic rings. The molecule has 0 fully saturated rings. The maximum absolute atomic E-state index is 12.6. The molecule has 146 valence electrons. The highest BCUT2D eigenvalue weighted by Gasteiger charge is 2.28. The van der Waals surface area contributed by atoms with Crippen molar-refractivity contribution < 1.29 is 9.53 Å². The van der Waals surface area contributed by atoms with Crippen LogP contribution in [0.1, 0.15) is 29.0 Å². The number of nitrogens with one attached hydrogen (secondary N) is 2. The number of benzene rings is 1. The molecular weight excluding hydrogens is 372 g/mol. The van der Waals surface area contributed by atoms with Crippen LogP contribution in [-0.4, -0.2) is 28.5 Å². The molecule has 0 saturated carbocycles. The van der Waals surface area contributed by atoms with Crippen LogP contribution in [0.25, 0.3) is 11.3 Å². The Labute approximate surface area is 168 Å². The van der Waals surface area contributed by atoms with Crippen LogP contribution in [0, 0.1) is 6.92 Å². The summed E-state index contributed by atoms with van der Waals surface area (Å²) in [6.45, 7) is 4.65. The largest absolute Gasteiger partial charge is 0.371 e. The fraction of sp³-hybridized carbons (Fsp3) is 0.333. The molecule has 28 heavy (non-hydrogen) atoms. The molecule has 2 aromatic heterocycles. The van der Waals surface area contributed by atoms with Crippen molar-refractivity contribution in [1.29, 1.82) is 0 Å². The van der Waals surface area contributed by atoms with Crippen molar-refractivity contribution in [3.63, 3.8) is 0 Å². The van der Waals surface area contributed by atoms with Gasteiger partial charge in [0.25, 0.3) is 0 Å². The van der Waals surface area contributed by atoms with Gasteiger partial charge in [-0.2, -0.15) is 5.10 Å². The van der Waals surface area contributed by atoms with E-state index in [0.29, 0.717) is 6.61 Å². The number of carbonyl (C=O) groups excluding carboxylic acids is 1. The molecular formula is C21H24N4O2S. The van der Waals surface area contributed by atoms with Crippen LogP contribution < -0.4 is 10.6 Å². The quantitative estimate of drug-likeness (QED) is 0.692. The Morgan fingerprint density at radius 3 is 3.00 bits per heavy atom. The predicted molar refractivity (Wildman–Crippen MR) is 112 cm³/mol. The van der Waals surface area contributed by atoms with E-state index in [2.05, 4.69) is 27.2 Å². The van der Waals surface area contributed by atoms with E-state index in [1.165, 1.54) is 10.4 Å². The molecule has 0 aliphatic carbocycles. The number of anilines is 1. The molecule has 0 radical (unpaired) electrons. The molecule has 7 heteroatoms. The van der Waals surface area contributed by atoms with Gasteiger partial charge in [-0.3, -0.25) is 4.68 Å². The van der Waals surface area contributed by atoms with Crippen molar-refractivity contribution in [2.75, 3.05) is 11.9 Å². The van der Waals surface area contributed by atoms with Crippen LogP contribution >= 0.6 is 11.3 Å². The Kier molecular flexibility index (Phi) is 5.19. The number of thiophene rings is 1. The fourth-order valence-corrected chi connectivity index (χ4v) is 4.50. The van der Waals surface area contributed by atoms with Gasteiger partial charge in [0, 0.05) is 35.8 Å². The summed E-state index contributed by atoms with van der Waals surface area (Å²) in [5, 5.41) is 12.3. The zero-order valence-electron chi connectivity index (χ0n) is 16.2. The number of amides is 2. The number of hydrogen-bond donors (Lipinski definition) is 2. The predicted octanol–water partition coefficient (Wildman–Crippen LogP) is 4.28. The van der Waals surface area contributed by atoms with Crippen molar-refractivity contribution in [2.24, 2.45) is 7.05 Å². The van der Waals surface area contributed by atoms with Gasteiger partial charge >= 0.3 is 6.03 Å². The Balaban J connectivity index is 1.46. The minimum absolute atomic E-state index is 0.109. The number of fused-ring (bicyclic) bond motifs is 1. The number of aromatic nitrogens is 2. The monoisotopic (exact) mass is 396 g/mol. The van der Waals surface area contributed by atoms with Gasteiger partial charge in [0.05, 0.1) is 18.3 Å². The van der Waals surface area contributed by atoms with Crippen LogP contribution in [0.2, 0.25) is 0 Å². The second-order valence-electron chi connectivity index (χ2n) is 7.10. The molecule has 0 spiro atoms. The molecule has 6 nitrogen and oxygen atoms in total. The van der Waals surface area contributed by atoms with Gasteiger partial charge < -0.3 is 15.4 Å². The van der Waals surface area contributed by atoms with E-state index in [1.807, 2.05) is 49.8 Å².